The molecular formula is C12H15NO3. The summed E-state index contributed by atoms with van der Waals surface area (Å²) in [6.07, 6.45) is 2.22. The minimum Gasteiger partial charge on any atom is -0.300 e. The van der Waals surface area contributed by atoms with Crippen LogP contribution in [0.3, 0.4) is 0 Å². The van der Waals surface area contributed by atoms with Gasteiger partial charge in [0.1, 0.15) is 5.78 Å². The van der Waals surface area contributed by atoms with Gasteiger partial charge in [0.25, 0.3) is 11.8 Å². The second-order valence-electron chi connectivity index (χ2n) is 4.50. The molecule has 16 heavy (non-hydrogen) atoms. The summed E-state index contributed by atoms with van der Waals surface area (Å²) < 4.78 is 0. The second kappa shape index (κ2) is 3.85. The average molecular weight is 221 g/mol. The third-order valence-electron chi connectivity index (χ3n) is 3.52. The highest BCUT2D eigenvalue weighted by Crippen LogP contribution is 2.28. The Balaban J connectivity index is 2.16. The van der Waals surface area contributed by atoms with Crippen molar-refractivity contribution >= 4 is 17.6 Å². The number of rotatable bonds is 1. The number of imide groups is 1. The largest absolute Gasteiger partial charge is 0.300 e. The highest BCUT2D eigenvalue weighted by molar-refractivity contribution is 6.19. The Labute approximate surface area is 94.3 Å². The number of nitrogens with zero attached hydrogens (tertiary/aromatic N) is 1. The Morgan fingerprint density at radius 3 is 1.81 bits per heavy atom. The monoisotopic (exact) mass is 221 g/mol. The molecule has 0 saturated heterocycles. The Morgan fingerprint density at radius 2 is 1.38 bits per heavy atom. The number of ketones is 1. The highest BCUT2D eigenvalue weighted by atomic mass is 16.2. The van der Waals surface area contributed by atoms with Crippen molar-refractivity contribution in [2.75, 3.05) is 0 Å². The molecule has 0 aromatic heterocycles. The van der Waals surface area contributed by atoms with Crippen molar-refractivity contribution in [1.82, 2.24) is 4.90 Å². The smallest absolute Gasteiger partial charge is 0.257 e. The number of hydrogen-bond donors (Lipinski definition) is 0. The maximum absolute atomic E-state index is 11.9. The summed E-state index contributed by atoms with van der Waals surface area (Å²) in [7, 11) is 0. The fourth-order valence-corrected chi connectivity index (χ4v) is 2.29. The summed E-state index contributed by atoms with van der Waals surface area (Å²) in [5.41, 5.74) is 1.09. The minimum atomic E-state index is -0.179. The maximum Gasteiger partial charge on any atom is 0.257 e. The first-order valence-electron chi connectivity index (χ1n) is 5.59. The number of Topliss-reactive ketones (excluding diaryl/α,β-unsaturated/α-hetero) is 1. The Morgan fingerprint density at radius 1 is 0.938 bits per heavy atom. The molecule has 86 valence electrons. The van der Waals surface area contributed by atoms with Gasteiger partial charge >= 0.3 is 0 Å². The summed E-state index contributed by atoms with van der Waals surface area (Å²) in [5, 5.41) is 0. The lowest BCUT2D eigenvalue weighted by atomic mass is 9.93. The van der Waals surface area contributed by atoms with E-state index >= 15 is 0 Å². The van der Waals surface area contributed by atoms with Crippen molar-refractivity contribution in [3.05, 3.63) is 11.1 Å². The maximum atomic E-state index is 11.9. The summed E-state index contributed by atoms with van der Waals surface area (Å²) in [5.74, 6) is -0.125. The molecule has 1 fully saturated rings. The fraction of sp³-hybridized carbons (Fsp3) is 0.583. The molecule has 0 atom stereocenters. The van der Waals surface area contributed by atoms with Gasteiger partial charge in [-0.1, -0.05) is 0 Å². The summed E-state index contributed by atoms with van der Waals surface area (Å²) >= 11 is 0. The molecule has 2 aliphatic rings. The SMILES string of the molecule is CC1=C(C)C(=O)N(C2CCC(=O)CC2)C1=O. The third-order valence-corrected chi connectivity index (χ3v) is 3.52. The van der Waals surface area contributed by atoms with Crippen LogP contribution in [0.1, 0.15) is 39.5 Å². The van der Waals surface area contributed by atoms with E-state index in [0.717, 1.165) is 0 Å². The van der Waals surface area contributed by atoms with E-state index in [1.54, 1.807) is 13.8 Å². The molecule has 1 heterocycles. The number of carbonyl (C=O) groups excluding carboxylic acids is 3. The van der Waals surface area contributed by atoms with Crippen molar-refractivity contribution in [1.29, 1.82) is 0 Å². The molecule has 0 bridgehead atoms. The quantitative estimate of drug-likeness (QED) is 0.625. The van der Waals surface area contributed by atoms with Gasteiger partial charge in [0.05, 0.1) is 0 Å². The van der Waals surface area contributed by atoms with E-state index in [4.69, 9.17) is 0 Å². The molecule has 1 aliphatic carbocycles. The minimum absolute atomic E-state index is 0.0786. The van der Waals surface area contributed by atoms with Crippen molar-refractivity contribution in [3.63, 3.8) is 0 Å². The summed E-state index contributed by atoms with van der Waals surface area (Å²) in [4.78, 5) is 36.2. The summed E-state index contributed by atoms with van der Waals surface area (Å²) in [6, 6.07) is -0.0786. The molecule has 1 aliphatic heterocycles. The molecule has 2 rings (SSSR count). The van der Waals surface area contributed by atoms with E-state index in [1.165, 1.54) is 4.90 Å². The van der Waals surface area contributed by atoms with E-state index < -0.39 is 0 Å². The van der Waals surface area contributed by atoms with E-state index in [-0.39, 0.29) is 23.6 Å². The molecule has 0 unspecified atom stereocenters. The van der Waals surface area contributed by atoms with Crippen LogP contribution in [0.4, 0.5) is 0 Å². The predicted octanol–water partition coefficient (Wildman–Crippen LogP) is 1.20. The predicted molar refractivity (Wildman–Crippen MR) is 57.5 cm³/mol. The molecule has 0 radical (unpaired) electrons. The zero-order valence-corrected chi connectivity index (χ0v) is 9.58. The Kier molecular flexibility index (Phi) is 2.66. The fourth-order valence-electron chi connectivity index (χ4n) is 2.29. The van der Waals surface area contributed by atoms with Crippen molar-refractivity contribution in [3.8, 4) is 0 Å². The average Bonchev–Trinajstić information content (AvgIpc) is 2.46. The molecule has 1 saturated carbocycles. The second-order valence-corrected chi connectivity index (χ2v) is 4.50. The zero-order valence-electron chi connectivity index (χ0n) is 9.58. The van der Waals surface area contributed by atoms with Gasteiger partial charge in [-0.2, -0.15) is 0 Å². The van der Waals surface area contributed by atoms with Crippen molar-refractivity contribution < 1.29 is 14.4 Å². The van der Waals surface area contributed by atoms with Crippen LogP contribution in [0, 0.1) is 0 Å². The van der Waals surface area contributed by atoms with Gasteiger partial charge < -0.3 is 0 Å². The lowest BCUT2D eigenvalue weighted by molar-refractivity contribution is -0.142. The lowest BCUT2D eigenvalue weighted by Crippen LogP contribution is -2.43. The van der Waals surface area contributed by atoms with Gasteiger partial charge in [-0.25, -0.2) is 0 Å². The van der Waals surface area contributed by atoms with E-state index in [9.17, 15) is 14.4 Å². The first-order chi connectivity index (χ1) is 7.52. The van der Waals surface area contributed by atoms with Crippen LogP contribution in [-0.2, 0) is 14.4 Å². The Bertz CT molecular complexity index is 374. The van der Waals surface area contributed by atoms with Crippen LogP contribution >= 0.6 is 0 Å². The molecular weight excluding hydrogens is 206 g/mol. The topological polar surface area (TPSA) is 54.5 Å². The normalized spacial score (nSPS) is 23.6. The molecule has 2 amide bonds. The molecule has 4 heteroatoms. The molecule has 0 N–H and O–H groups in total. The van der Waals surface area contributed by atoms with Crippen LogP contribution in [-0.4, -0.2) is 28.5 Å². The first-order valence-corrected chi connectivity index (χ1v) is 5.59. The number of hydrogen-bond acceptors (Lipinski definition) is 3. The first kappa shape index (κ1) is 11.0. The third kappa shape index (κ3) is 1.58. The Hall–Kier alpha value is -1.45. The van der Waals surface area contributed by atoms with E-state index in [1.807, 2.05) is 0 Å². The van der Waals surface area contributed by atoms with E-state index in [0.29, 0.717) is 36.8 Å². The highest BCUT2D eigenvalue weighted by Gasteiger charge is 2.39. The van der Waals surface area contributed by atoms with Gasteiger partial charge in [-0.15, -0.1) is 0 Å². The van der Waals surface area contributed by atoms with Gasteiger partial charge in [-0.3, -0.25) is 19.3 Å². The van der Waals surface area contributed by atoms with Gasteiger partial charge in [-0.05, 0) is 26.7 Å². The molecule has 0 aromatic carbocycles. The van der Waals surface area contributed by atoms with Crippen LogP contribution in [0.25, 0.3) is 0 Å². The van der Waals surface area contributed by atoms with Gasteiger partial charge in [0.15, 0.2) is 0 Å². The van der Waals surface area contributed by atoms with Crippen LogP contribution in [0.15, 0.2) is 11.1 Å². The molecule has 0 spiro atoms. The van der Waals surface area contributed by atoms with Crippen molar-refractivity contribution in [2.24, 2.45) is 0 Å². The number of amides is 2. The van der Waals surface area contributed by atoms with Crippen LogP contribution in [0.2, 0.25) is 0 Å². The standard InChI is InChI=1S/C12H15NO3/c1-7-8(2)12(16)13(11(7)15)9-3-5-10(14)6-4-9/h9H,3-6H2,1-2H3. The van der Waals surface area contributed by atoms with Crippen LogP contribution in [0.5, 0.6) is 0 Å². The molecule has 4 nitrogen and oxygen atoms in total. The molecule has 0 aromatic rings. The van der Waals surface area contributed by atoms with Crippen molar-refractivity contribution in [2.45, 2.75) is 45.6 Å². The summed E-state index contributed by atoms with van der Waals surface area (Å²) in [6.45, 7) is 3.37. The number of carbonyl (C=O) groups is 3. The zero-order chi connectivity index (χ0) is 11.9. The van der Waals surface area contributed by atoms with Gasteiger partial charge in [0.2, 0.25) is 0 Å². The van der Waals surface area contributed by atoms with Crippen LogP contribution < -0.4 is 0 Å². The lowest BCUT2D eigenvalue weighted by Gasteiger charge is -2.29. The van der Waals surface area contributed by atoms with E-state index in [2.05, 4.69) is 0 Å². The van der Waals surface area contributed by atoms with Gasteiger partial charge in [0, 0.05) is 30.0 Å².